The monoisotopic (exact) mass is 549 g/mol. The van der Waals surface area contributed by atoms with Gasteiger partial charge < -0.3 is 14.0 Å². The second-order valence-corrected chi connectivity index (χ2v) is 11.9. The summed E-state index contributed by atoms with van der Waals surface area (Å²) in [6, 6.07) is 23.0. The van der Waals surface area contributed by atoms with Crippen LogP contribution in [0.2, 0.25) is 0 Å². The summed E-state index contributed by atoms with van der Waals surface area (Å²) < 4.78 is 41.1. The number of aromatic nitrogens is 1. The van der Waals surface area contributed by atoms with E-state index in [0.29, 0.717) is 36.0 Å². The second kappa shape index (κ2) is 11.6. The van der Waals surface area contributed by atoms with Gasteiger partial charge in [0, 0.05) is 30.6 Å². The van der Waals surface area contributed by atoms with E-state index in [1.165, 1.54) is 0 Å². The summed E-state index contributed by atoms with van der Waals surface area (Å²) in [6.45, 7) is 1.82. The minimum absolute atomic E-state index is 0.330. The van der Waals surface area contributed by atoms with Gasteiger partial charge in [-0.25, -0.2) is 13.4 Å². The topological polar surface area (TPSA) is 73.1 Å². The maximum Gasteiger partial charge on any atom is 0.243 e. The summed E-state index contributed by atoms with van der Waals surface area (Å²) in [5.74, 6) is 1.38. The fourth-order valence-corrected chi connectivity index (χ4v) is 7.17. The third-order valence-electron chi connectivity index (χ3n) is 6.68. The maximum absolute atomic E-state index is 13.3. The molecule has 0 atom stereocenters. The number of para-hydroxylation sites is 1. The molecule has 1 saturated heterocycles. The molecule has 1 aromatic heterocycles. The summed E-state index contributed by atoms with van der Waals surface area (Å²) in [5, 5.41) is 2.05. The van der Waals surface area contributed by atoms with Crippen LogP contribution in [0.5, 0.6) is 11.5 Å². The zero-order valence-electron chi connectivity index (χ0n) is 21.5. The van der Waals surface area contributed by atoms with Gasteiger partial charge in [0.25, 0.3) is 0 Å². The molecule has 0 spiro atoms. The zero-order chi connectivity index (χ0) is 26.5. The fraction of sp³-hybridized carbons (Fsp3) is 0.276. The number of thiazole rings is 1. The molecule has 0 aliphatic carbocycles. The predicted octanol–water partition coefficient (Wildman–Crippen LogP) is 5.49. The fourth-order valence-electron chi connectivity index (χ4n) is 4.65. The van der Waals surface area contributed by atoms with Crippen molar-refractivity contribution >= 4 is 27.0 Å². The molecule has 1 aliphatic heterocycles. The summed E-state index contributed by atoms with van der Waals surface area (Å²) in [4.78, 5) is 6.08. The van der Waals surface area contributed by atoms with Crippen molar-refractivity contribution in [2.45, 2.75) is 30.7 Å². The number of hydrogen-bond acceptors (Lipinski definition) is 6. The first-order chi connectivity index (χ1) is 18.5. The highest BCUT2D eigenvalue weighted by Gasteiger charge is 2.27. The summed E-state index contributed by atoms with van der Waals surface area (Å²) in [5.41, 5.74) is 3.75. The molecule has 0 saturated carbocycles. The Hall–Kier alpha value is -3.40. The largest absolute Gasteiger partial charge is 0.493 e. The van der Waals surface area contributed by atoms with Gasteiger partial charge in [-0.05, 0) is 61.2 Å². The molecule has 0 radical (unpaired) electrons. The van der Waals surface area contributed by atoms with Crippen LogP contribution in [0.1, 0.15) is 18.4 Å². The Labute approximate surface area is 227 Å². The van der Waals surface area contributed by atoms with Crippen LogP contribution in [0.25, 0.3) is 11.3 Å². The van der Waals surface area contributed by atoms with E-state index in [9.17, 15) is 8.42 Å². The van der Waals surface area contributed by atoms with Gasteiger partial charge in [0.15, 0.2) is 16.3 Å². The molecule has 1 fully saturated rings. The van der Waals surface area contributed by atoms with Crippen molar-refractivity contribution in [2.24, 2.45) is 4.99 Å². The Bertz CT molecular complexity index is 1570. The minimum Gasteiger partial charge on any atom is -0.493 e. The molecular weight excluding hydrogens is 518 g/mol. The SMILES string of the molecule is COc1ccc(CCn2c(-c3cccc(S(=O)(=O)N4CCCC4)c3)csc2=Nc2ccccc2)cc1OC. The average Bonchev–Trinajstić information content (AvgIpc) is 3.64. The van der Waals surface area contributed by atoms with E-state index in [1.807, 2.05) is 60.7 Å². The van der Waals surface area contributed by atoms with Crippen LogP contribution in [0, 0.1) is 0 Å². The molecule has 7 nitrogen and oxygen atoms in total. The van der Waals surface area contributed by atoms with Crippen molar-refractivity contribution in [2.75, 3.05) is 27.3 Å². The molecule has 198 valence electrons. The highest BCUT2D eigenvalue weighted by Crippen LogP contribution is 2.29. The lowest BCUT2D eigenvalue weighted by atomic mass is 10.1. The van der Waals surface area contributed by atoms with E-state index in [2.05, 4.69) is 9.95 Å². The molecule has 2 heterocycles. The molecule has 0 amide bonds. The normalized spacial score (nSPS) is 14.6. The van der Waals surface area contributed by atoms with Gasteiger partial charge in [0.1, 0.15) is 0 Å². The molecule has 38 heavy (non-hydrogen) atoms. The lowest BCUT2D eigenvalue weighted by Crippen LogP contribution is -2.27. The van der Waals surface area contributed by atoms with Gasteiger partial charge >= 0.3 is 0 Å². The summed E-state index contributed by atoms with van der Waals surface area (Å²) in [7, 11) is -0.257. The van der Waals surface area contributed by atoms with Crippen LogP contribution in [0.4, 0.5) is 5.69 Å². The zero-order valence-corrected chi connectivity index (χ0v) is 23.2. The standard InChI is InChI=1S/C29H31N3O4S2/c1-35-27-14-13-22(19-28(27)36-2)15-18-32-26(21-37-29(32)30-24-10-4-3-5-11-24)23-9-8-12-25(20-23)38(33,34)31-16-6-7-17-31/h3-5,8-14,19-21H,6-7,15-18H2,1-2H3. The second-order valence-electron chi connectivity index (χ2n) is 9.08. The van der Waals surface area contributed by atoms with Gasteiger partial charge in [0.2, 0.25) is 10.0 Å². The summed E-state index contributed by atoms with van der Waals surface area (Å²) >= 11 is 1.55. The molecule has 5 rings (SSSR count). The number of sulfonamides is 1. The van der Waals surface area contributed by atoms with Crippen LogP contribution in [0.3, 0.4) is 0 Å². The predicted molar refractivity (Wildman–Crippen MR) is 151 cm³/mol. The Morgan fingerprint density at radius 1 is 0.895 bits per heavy atom. The lowest BCUT2D eigenvalue weighted by Gasteiger charge is -2.16. The quantitative estimate of drug-likeness (QED) is 0.277. The molecule has 0 unspecified atom stereocenters. The highest BCUT2D eigenvalue weighted by molar-refractivity contribution is 7.89. The Morgan fingerprint density at radius 2 is 1.66 bits per heavy atom. The average molecular weight is 550 g/mol. The van der Waals surface area contributed by atoms with Crippen molar-refractivity contribution in [3.05, 3.63) is 88.5 Å². The van der Waals surface area contributed by atoms with Crippen LogP contribution >= 0.6 is 11.3 Å². The number of ether oxygens (including phenoxy) is 2. The van der Waals surface area contributed by atoms with E-state index in [4.69, 9.17) is 14.5 Å². The molecule has 1 aliphatic rings. The van der Waals surface area contributed by atoms with E-state index in [0.717, 1.165) is 46.6 Å². The minimum atomic E-state index is -3.52. The number of nitrogens with zero attached hydrogens (tertiary/aromatic N) is 3. The van der Waals surface area contributed by atoms with Gasteiger partial charge in [-0.1, -0.05) is 36.4 Å². The van der Waals surface area contributed by atoms with Crippen LogP contribution in [-0.4, -0.2) is 44.6 Å². The van der Waals surface area contributed by atoms with Gasteiger partial charge in [-0.15, -0.1) is 11.3 Å². The number of rotatable bonds is 9. The third kappa shape index (κ3) is 5.55. The number of hydrogen-bond donors (Lipinski definition) is 0. The van der Waals surface area contributed by atoms with Gasteiger partial charge in [-0.2, -0.15) is 4.31 Å². The van der Waals surface area contributed by atoms with E-state index < -0.39 is 10.0 Å². The van der Waals surface area contributed by atoms with Crippen molar-refractivity contribution in [1.29, 1.82) is 0 Å². The molecule has 0 bridgehead atoms. The van der Waals surface area contributed by atoms with Gasteiger partial charge in [-0.3, -0.25) is 0 Å². The first-order valence-electron chi connectivity index (χ1n) is 12.6. The molecule has 3 aromatic carbocycles. The van der Waals surface area contributed by atoms with Crippen molar-refractivity contribution in [1.82, 2.24) is 8.87 Å². The van der Waals surface area contributed by atoms with Crippen molar-refractivity contribution < 1.29 is 17.9 Å². The van der Waals surface area contributed by atoms with Gasteiger partial charge in [0.05, 0.1) is 30.5 Å². The third-order valence-corrected chi connectivity index (χ3v) is 9.44. The van der Waals surface area contributed by atoms with Crippen molar-refractivity contribution in [3.63, 3.8) is 0 Å². The van der Waals surface area contributed by atoms with Crippen LogP contribution in [0.15, 0.2) is 88.1 Å². The lowest BCUT2D eigenvalue weighted by molar-refractivity contribution is 0.354. The maximum atomic E-state index is 13.3. The smallest absolute Gasteiger partial charge is 0.243 e. The first kappa shape index (κ1) is 26.2. The van der Waals surface area contributed by atoms with Crippen LogP contribution < -0.4 is 14.3 Å². The van der Waals surface area contributed by atoms with E-state index >= 15 is 0 Å². The molecule has 0 N–H and O–H groups in total. The summed E-state index contributed by atoms with van der Waals surface area (Å²) in [6.07, 6.45) is 2.55. The van der Waals surface area contributed by atoms with E-state index in [-0.39, 0.29) is 0 Å². The molecule has 4 aromatic rings. The van der Waals surface area contributed by atoms with E-state index in [1.54, 1.807) is 42.0 Å². The Morgan fingerprint density at radius 3 is 2.39 bits per heavy atom. The number of methoxy groups -OCH3 is 2. The Kier molecular flexibility index (Phi) is 7.97. The van der Waals surface area contributed by atoms with Crippen molar-refractivity contribution in [3.8, 4) is 22.8 Å². The molecular formula is C29H31N3O4S2. The number of aryl methyl sites for hydroxylation is 1. The number of benzene rings is 3. The molecule has 9 heteroatoms. The first-order valence-corrected chi connectivity index (χ1v) is 14.9. The van der Waals surface area contributed by atoms with Crippen LogP contribution in [-0.2, 0) is 23.0 Å². The Balaban J connectivity index is 1.53. The highest BCUT2D eigenvalue weighted by atomic mass is 32.2.